The fourth-order valence-corrected chi connectivity index (χ4v) is 3.72. The zero-order valence-electron chi connectivity index (χ0n) is 15.6. The number of phenolic OH excluding ortho intramolecular Hbond substituents is 1. The SMILES string of the molecule is Cn1c(=O)c2cc(C(=O)NC3CCc4cc(O)ccc4C3)cnc2n(C)c1=O. The highest BCUT2D eigenvalue weighted by Crippen LogP contribution is 2.25. The summed E-state index contributed by atoms with van der Waals surface area (Å²) in [6.45, 7) is 0. The van der Waals surface area contributed by atoms with Crippen LogP contribution >= 0.6 is 0 Å². The minimum atomic E-state index is -0.480. The van der Waals surface area contributed by atoms with E-state index in [4.69, 9.17) is 0 Å². The van der Waals surface area contributed by atoms with Crippen LogP contribution in [0.1, 0.15) is 27.9 Å². The number of carbonyl (C=O) groups is 1. The Morgan fingerprint density at radius 3 is 2.75 bits per heavy atom. The third kappa shape index (κ3) is 2.96. The lowest BCUT2D eigenvalue weighted by atomic mass is 9.88. The van der Waals surface area contributed by atoms with Gasteiger partial charge in [0.1, 0.15) is 11.4 Å². The first-order chi connectivity index (χ1) is 13.3. The van der Waals surface area contributed by atoms with E-state index < -0.39 is 11.2 Å². The molecule has 0 saturated heterocycles. The number of nitrogens with zero attached hydrogens (tertiary/aromatic N) is 3. The zero-order valence-corrected chi connectivity index (χ0v) is 15.6. The Labute approximate surface area is 160 Å². The molecule has 2 N–H and O–H groups in total. The van der Waals surface area contributed by atoms with Gasteiger partial charge in [-0.1, -0.05) is 6.07 Å². The molecular formula is C20H20N4O4. The van der Waals surface area contributed by atoms with E-state index in [9.17, 15) is 19.5 Å². The minimum Gasteiger partial charge on any atom is -0.508 e. The van der Waals surface area contributed by atoms with E-state index in [1.54, 1.807) is 12.1 Å². The molecule has 3 aromatic rings. The molecule has 144 valence electrons. The topological polar surface area (TPSA) is 106 Å². The average Bonchev–Trinajstić information content (AvgIpc) is 2.70. The fraction of sp³-hybridized carbons (Fsp3) is 0.300. The first-order valence-corrected chi connectivity index (χ1v) is 9.02. The van der Waals surface area contributed by atoms with Crippen molar-refractivity contribution in [2.45, 2.75) is 25.3 Å². The number of amides is 1. The summed E-state index contributed by atoms with van der Waals surface area (Å²) in [6, 6.07) is 6.74. The van der Waals surface area contributed by atoms with Gasteiger partial charge in [-0.3, -0.25) is 18.7 Å². The number of hydrogen-bond acceptors (Lipinski definition) is 5. The maximum Gasteiger partial charge on any atom is 0.332 e. The van der Waals surface area contributed by atoms with Crippen LogP contribution in [-0.4, -0.2) is 31.2 Å². The van der Waals surface area contributed by atoms with Gasteiger partial charge in [-0.2, -0.15) is 0 Å². The van der Waals surface area contributed by atoms with Gasteiger partial charge >= 0.3 is 5.69 Å². The molecule has 8 heteroatoms. The van der Waals surface area contributed by atoms with Crippen molar-refractivity contribution in [3.05, 3.63) is 68.0 Å². The molecule has 1 atom stereocenters. The molecule has 8 nitrogen and oxygen atoms in total. The lowest BCUT2D eigenvalue weighted by Crippen LogP contribution is -2.39. The maximum absolute atomic E-state index is 12.7. The smallest absolute Gasteiger partial charge is 0.332 e. The molecule has 2 heterocycles. The molecular weight excluding hydrogens is 360 g/mol. The van der Waals surface area contributed by atoms with Crippen molar-refractivity contribution in [1.29, 1.82) is 0 Å². The van der Waals surface area contributed by atoms with Crippen molar-refractivity contribution in [3.8, 4) is 5.75 Å². The summed E-state index contributed by atoms with van der Waals surface area (Å²) in [6.07, 6.45) is 3.59. The van der Waals surface area contributed by atoms with Gasteiger partial charge in [0.2, 0.25) is 0 Å². The number of rotatable bonds is 2. The van der Waals surface area contributed by atoms with E-state index in [-0.39, 0.29) is 34.3 Å². The van der Waals surface area contributed by atoms with E-state index in [0.29, 0.717) is 6.42 Å². The van der Waals surface area contributed by atoms with Crippen LogP contribution in [0.5, 0.6) is 5.75 Å². The summed E-state index contributed by atoms with van der Waals surface area (Å²) >= 11 is 0. The standard InChI is InChI=1S/C20H20N4O4/c1-23-17-16(19(27)24(2)20(23)28)9-13(10-21-17)18(26)22-14-5-3-12-8-15(25)6-4-11(12)7-14/h4,6,8-10,14,25H,3,5,7H2,1-2H3,(H,22,26). The molecule has 0 aliphatic heterocycles. The third-order valence-electron chi connectivity index (χ3n) is 5.31. The molecule has 1 aromatic carbocycles. The highest BCUT2D eigenvalue weighted by Gasteiger charge is 2.22. The number of aromatic hydroxyl groups is 1. The summed E-state index contributed by atoms with van der Waals surface area (Å²) in [5, 5.41) is 12.8. The van der Waals surface area contributed by atoms with Crippen molar-refractivity contribution in [2.75, 3.05) is 0 Å². The van der Waals surface area contributed by atoms with Crippen LogP contribution in [0.25, 0.3) is 11.0 Å². The molecule has 1 aliphatic rings. The largest absolute Gasteiger partial charge is 0.508 e. The number of aryl methyl sites for hydroxylation is 2. The average molecular weight is 380 g/mol. The van der Waals surface area contributed by atoms with E-state index >= 15 is 0 Å². The molecule has 4 rings (SSSR count). The Balaban J connectivity index is 1.60. The number of phenols is 1. The Bertz CT molecular complexity index is 1230. The molecule has 0 spiro atoms. The monoisotopic (exact) mass is 380 g/mol. The van der Waals surface area contributed by atoms with Gasteiger partial charge in [0.05, 0.1) is 10.9 Å². The van der Waals surface area contributed by atoms with Crippen LogP contribution in [0.3, 0.4) is 0 Å². The molecule has 28 heavy (non-hydrogen) atoms. The van der Waals surface area contributed by atoms with Gasteiger partial charge in [-0.25, -0.2) is 9.78 Å². The van der Waals surface area contributed by atoms with Gasteiger partial charge in [0, 0.05) is 26.3 Å². The molecule has 1 unspecified atom stereocenters. The molecule has 0 fully saturated rings. The molecule has 0 radical (unpaired) electrons. The first kappa shape index (κ1) is 18.0. The Hall–Kier alpha value is -3.42. The summed E-state index contributed by atoms with van der Waals surface area (Å²) in [5.74, 6) is -0.0583. The fourth-order valence-electron chi connectivity index (χ4n) is 3.72. The van der Waals surface area contributed by atoms with E-state index in [1.807, 2.05) is 6.07 Å². The number of fused-ring (bicyclic) bond motifs is 2. The third-order valence-corrected chi connectivity index (χ3v) is 5.31. The van der Waals surface area contributed by atoms with Crippen molar-refractivity contribution in [1.82, 2.24) is 19.4 Å². The zero-order chi connectivity index (χ0) is 20.0. The van der Waals surface area contributed by atoms with E-state index in [2.05, 4.69) is 10.3 Å². The van der Waals surface area contributed by atoms with Crippen LogP contribution in [0.2, 0.25) is 0 Å². The summed E-state index contributed by atoms with van der Waals surface area (Å²) < 4.78 is 2.28. The summed E-state index contributed by atoms with van der Waals surface area (Å²) in [5.41, 5.74) is 1.79. The number of carbonyl (C=O) groups excluding carboxylic acids is 1. The van der Waals surface area contributed by atoms with E-state index in [0.717, 1.165) is 28.5 Å². The van der Waals surface area contributed by atoms with Gasteiger partial charge in [0.25, 0.3) is 11.5 Å². The second-order valence-electron chi connectivity index (χ2n) is 7.17. The maximum atomic E-state index is 12.7. The van der Waals surface area contributed by atoms with Crippen LogP contribution in [-0.2, 0) is 26.9 Å². The predicted octanol–water partition coefficient (Wildman–Crippen LogP) is 0.625. The van der Waals surface area contributed by atoms with Gasteiger partial charge in [-0.15, -0.1) is 0 Å². The van der Waals surface area contributed by atoms with Crippen molar-refractivity contribution >= 4 is 16.9 Å². The van der Waals surface area contributed by atoms with Crippen molar-refractivity contribution in [2.24, 2.45) is 14.1 Å². The second-order valence-corrected chi connectivity index (χ2v) is 7.17. The molecule has 1 amide bonds. The van der Waals surface area contributed by atoms with Crippen LogP contribution in [0.15, 0.2) is 40.1 Å². The lowest BCUT2D eigenvalue weighted by molar-refractivity contribution is 0.0933. The number of hydrogen-bond donors (Lipinski definition) is 2. The van der Waals surface area contributed by atoms with Gasteiger partial charge in [-0.05, 0) is 48.6 Å². The lowest BCUT2D eigenvalue weighted by Gasteiger charge is -2.25. The number of pyridine rings is 1. The molecule has 0 bridgehead atoms. The molecule has 2 aromatic heterocycles. The van der Waals surface area contributed by atoms with Gasteiger partial charge < -0.3 is 10.4 Å². The molecule has 0 saturated carbocycles. The highest BCUT2D eigenvalue weighted by atomic mass is 16.3. The minimum absolute atomic E-state index is 0.0387. The number of nitrogens with one attached hydrogen (secondary N) is 1. The Morgan fingerprint density at radius 1 is 1.18 bits per heavy atom. The summed E-state index contributed by atoms with van der Waals surface area (Å²) in [4.78, 5) is 41.3. The van der Waals surface area contributed by atoms with E-state index in [1.165, 1.54) is 30.9 Å². The predicted molar refractivity (Wildman–Crippen MR) is 104 cm³/mol. The summed E-state index contributed by atoms with van der Waals surface area (Å²) in [7, 11) is 2.93. The van der Waals surface area contributed by atoms with Crippen molar-refractivity contribution in [3.63, 3.8) is 0 Å². The Morgan fingerprint density at radius 2 is 1.96 bits per heavy atom. The van der Waals surface area contributed by atoms with Gasteiger partial charge in [0.15, 0.2) is 0 Å². The number of aromatic nitrogens is 3. The van der Waals surface area contributed by atoms with Crippen LogP contribution < -0.4 is 16.6 Å². The van der Waals surface area contributed by atoms with Crippen molar-refractivity contribution < 1.29 is 9.90 Å². The normalized spacial score (nSPS) is 16.0. The van der Waals surface area contributed by atoms with Crippen LogP contribution in [0.4, 0.5) is 0 Å². The highest BCUT2D eigenvalue weighted by molar-refractivity contribution is 5.96. The first-order valence-electron chi connectivity index (χ1n) is 9.02. The quantitative estimate of drug-likeness (QED) is 0.678. The number of benzene rings is 1. The Kier molecular flexibility index (Phi) is 4.26. The molecule has 1 aliphatic carbocycles. The van der Waals surface area contributed by atoms with Crippen LogP contribution in [0, 0.1) is 0 Å². The second kappa shape index (κ2) is 6.63.